The molecule has 1 heterocycles. The van der Waals surface area contributed by atoms with Crippen LogP contribution in [-0.2, 0) is 5.54 Å². The molecule has 0 saturated carbocycles. The van der Waals surface area contributed by atoms with E-state index in [1.807, 2.05) is 26.0 Å². The Balaban J connectivity index is 2.20. The highest BCUT2D eigenvalue weighted by molar-refractivity contribution is 5.50. The fraction of sp³-hybridized carbons (Fsp3) is 0.571. The van der Waals surface area contributed by atoms with Gasteiger partial charge in [-0.1, -0.05) is 6.07 Å². The molecule has 1 fully saturated rings. The molecule has 2 rings (SSSR count). The summed E-state index contributed by atoms with van der Waals surface area (Å²) in [5.41, 5.74) is 7.01. The predicted octanol–water partition coefficient (Wildman–Crippen LogP) is 1.77. The minimum Gasteiger partial charge on any atom is -0.367 e. The van der Waals surface area contributed by atoms with Gasteiger partial charge in [0.25, 0.3) is 0 Å². The molecule has 1 saturated heterocycles. The number of hydrogen-bond acceptors (Lipinski definition) is 3. The monoisotopic (exact) mass is 251 g/mol. The van der Waals surface area contributed by atoms with Crippen LogP contribution in [0, 0.1) is 5.82 Å². The minimum atomic E-state index is -0.499. The molecular formula is C14H22FN3. The molecule has 1 aliphatic rings. The molecule has 3 nitrogen and oxygen atoms in total. The number of rotatable bonds is 2. The van der Waals surface area contributed by atoms with Gasteiger partial charge >= 0.3 is 0 Å². The van der Waals surface area contributed by atoms with E-state index in [4.69, 9.17) is 5.73 Å². The summed E-state index contributed by atoms with van der Waals surface area (Å²) in [6.07, 6.45) is 0. The number of likely N-dealkylation sites (N-methyl/N-ethyl adjacent to an activating group) is 1. The standard InChI is InChI=1S/C14H22FN3/c1-14(2,16)11-4-5-13(12(15)10-11)18-8-6-17(3)7-9-18/h4-5,10H,6-9,16H2,1-3H3. The second-order valence-electron chi connectivity index (χ2n) is 5.68. The van der Waals surface area contributed by atoms with Gasteiger partial charge in [0, 0.05) is 31.7 Å². The lowest BCUT2D eigenvalue weighted by atomic mass is 9.95. The first-order chi connectivity index (χ1) is 8.38. The van der Waals surface area contributed by atoms with Crippen LogP contribution >= 0.6 is 0 Å². The third kappa shape index (κ3) is 2.82. The average Bonchev–Trinajstić information content (AvgIpc) is 2.29. The highest BCUT2D eigenvalue weighted by Gasteiger charge is 2.20. The molecule has 0 aromatic heterocycles. The predicted molar refractivity (Wildman–Crippen MR) is 73.3 cm³/mol. The fourth-order valence-corrected chi connectivity index (χ4v) is 2.21. The summed E-state index contributed by atoms with van der Waals surface area (Å²) < 4.78 is 14.2. The summed E-state index contributed by atoms with van der Waals surface area (Å²) >= 11 is 0. The van der Waals surface area contributed by atoms with Crippen LogP contribution in [-0.4, -0.2) is 38.1 Å². The van der Waals surface area contributed by atoms with Gasteiger partial charge in [-0.15, -0.1) is 0 Å². The van der Waals surface area contributed by atoms with E-state index >= 15 is 0 Å². The first-order valence-corrected chi connectivity index (χ1v) is 6.40. The Labute approximate surface area is 108 Å². The Hall–Kier alpha value is -1.13. The molecule has 1 aromatic carbocycles. The zero-order valence-corrected chi connectivity index (χ0v) is 11.4. The number of benzene rings is 1. The molecule has 0 radical (unpaired) electrons. The van der Waals surface area contributed by atoms with Crippen LogP contribution in [0.25, 0.3) is 0 Å². The lowest BCUT2D eigenvalue weighted by Gasteiger charge is -2.34. The summed E-state index contributed by atoms with van der Waals surface area (Å²) in [5.74, 6) is -0.171. The van der Waals surface area contributed by atoms with Crippen molar-refractivity contribution in [1.29, 1.82) is 0 Å². The van der Waals surface area contributed by atoms with E-state index in [2.05, 4.69) is 16.8 Å². The van der Waals surface area contributed by atoms with Crippen molar-refractivity contribution in [2.24, 2.45) is 5.73 Å². The quantitative estimate of drug-likeness (QED) is 0.869. The highest BCUT2D eigenvalue weighted by atomic mass is 19.1. The molecule has 18 heavy (non-hydrogen) atoms. The molecule has 0 aliphatic carbocycles. The van der Waals surface area contributed by atoms with Crippen molar-refractivity contribution in [3.63, 3.8) is 0 Å². The molecular weight excluding hydrogens is 229 g/mol. The minimum absolute atomic E-state index is 0.171. The summed E-state index contributed by atoms with van der Waals surface area (Å²) in [6.45, 7) is 7.47. The van der Waals surface area contributed by atoms with Gasteiger partial charge < -0.3 is 15.5 Å². The molecule has 4 heteroatoms. The second-order valence-corrected chi connectivity index (χ2v) is 5.68. The highest BCUT2D eigenvalue weighted by Crippen LogP contribution is 2.25. The van der Waals surface area contributed by atoms with Crippen LogP contribution in [0.2, 0.25) is 0 Å². The van der Waals surface area contributed by atoms with E-state index in [0.717, 1.165) is 31.7 Å². The van der Waals surface area contributed by atoms with Crippen molar-refractivity contribution in [2.75, 3.05) is 38.1 Å². The largest absolute Gasteiger partial charge is 0.367 e. The number of halogens is 1. The average molecular weight is 251 g/mol. The molecule has 0 atom stereocenters. The Morgan fingerprint density at radius 2 is 1.78 bits per heavy atom. The Kier molecular flexibility index (Phi) is 3.59. The van der Waals surface area contributed by atoms with E-state index in [9.17, 15) is 4.39 Å². The summed E-state index contributed by atoms with van der Waals surface area (Å²) in [5, 5.41) is 0. The van der Waals surface area contributed by atoms with Gasteiger partial charge in [-0.05, 0) is 38.6 Å². The number of nitrogens with zero attached hydrogens (tertiary/aromatic N) is 2. The third-order valence-corrected chi connectivity index (χ3v) is 3.54. The number of piperazine rings is 1. The molecule has 100 valence electrons. The first-order valence-electron chi connectivity index (χ1n) is 6.40. The lowest BCUT2D eigenvalue weighted by molar-refractivity contribution is 0.311. The lowest BCUT2D eigenvalue weighted by Crippen LogP contribution is -2.44. The van der Waals surface area contributed by atoms with Crippen molar-refractivity contribution in [1.82, 2.24) is 4.90 Å². The van der Waals surface area contributed by atoms with Gasteiger partial charge in [0.05, 0.1) is 5.69 Å². The van der Waals surface area contributed by atoms with E-state index < -0.39 is 5.54 Å². The van der Waals surface area contributed by atoms with Gasteiger partial charge in [-0.3, -0.25) is 0 Å². The van der Waals surface area contributed by atoms with E-state index in [0.29, 0.717) is 5.69 Å². The van der Waals surface area contributed by atoms with Crippen LogP contribution in [0.5, 0.6) is 0 Å². The topological polar surface area (TPSA) is 32.5 Å². The number of nitrogens with two attached hydrogens (primary N) is 1. The molecule has 0 spiro atoms. The van der Waals surface area contributed by atoms with Gasteiger partial charge in [-0.2, -0.15) is 0 Å². The summed E-state index contributed by atoms with van der Waals surface area (Å²) in [7, 11) is 2.09. The summed E-state index contributed by atoms with van der Waals surface area (Å²) in [6, 6.07) is 5.34. The normalized spacial score (nSPS) is 18.2. The van der Waals surface area contributed by atoms with Crippen LogP contribution in [0.4, 0.5) is 10.1 Å². The fourth-order valence-electron chi connectivity index (χ4n) is 2.21. The Morgan fingerprint density at radius 1 is 1.17 bits per heavy atom. The number of hydrogen-bond donors (Lipinski definition) is 1. The molecule has 0 unspecified atom stereocenters. The van der Waals surface area contributed by atoms with Crippen LogP contribution in [0.1, 0.15) is 19.4 Å². The van der Waals surface area contributed by atoms with E-state index in [1.165, 1.54) is 0 Å². The van der Waals surface area contributed by atoms with E-state index in [-0.39, 0.29) is 5.82 Å². The Bertz CT molecular complexity index is 418. The van der Waals surface area contributed by atoms with Crippen molar-refractivity contribution in [3.8, 4) is 0 Å². The summed E-state index contributed by atoms with van der Waals surface area (Å²) in [4.78, 5) is 4.36. The maximum atomic E-state index is 14.2. The molecule has 2 N–H and O–H groups in total. The molecule has 1 aliphatic heterocycles. The number of anilines is 1. The first kappa shape index (κ1) is 13.3. The van der Waals surface area contributed by atoms with Gasteiger partial charge in [0.1, 0.15) is 5.82 Å². The Morgan fingerprint density at radius 3 is 2.28 bits per heavy atom. The zero-order valence-electron chi connectivity index (χ0n) is 11.4. The maximum Gasteiger partial charge on any atom is 0.146 e. The van der Waals surface area contributed by atoms with Crippen LogP contribution in [0.3, 0.4) is 0 Å². The smallest absolute Gasteiger partial charge is 0.146 e. The van der Waals surface area contributed by atoms with Crippen molar-refractivity contribution in [2.45, 2.75) is 19.4 Å². The van der Waals surface area contributed by atoms with E-state index in [1.54, 1.807) is 6.07 Å². The molecule has 0 amide bonds. The molecule has 1 aromatic rings. The third-order valence-electron chi connectivity index (χ3n) is 3.54. The van der Waals surface area contributed by atoms with Gasteiger partial charge in [0.2, 0.25) is 0 Å². The van der Waals surface area contributed by atoms with Gasteiger partial charge in [-0.25, -0.2) is 4.39 Å². The zero-order chi connectivity index (χ0) is 13.3. The molecule has 0 bridgehead atoms. The van der Waals surface area contributed by atoms with Crippen molar-refractivity contribution in [3.05, 3.63) is 29.6 Å². The van der Waals surface area contributed by atoms with Crippen LogP contribution in [0.15, 0.2) is 18.2 Å². The maximum absolute atomic E-state index is 14.2. The SMILES string of the molecule is CN1CCN(c2ccc(C(C)(C)N)cc2F)CC1. The second kappa shape index (κ2) is 4.86. The van der Waals surface area contributed by atoms with Gasteiger partial charge in [0.15, 0.2) is 0 Å². The van der Waals surface area contributed by atoms with Crippen LogP contribution < -0.4 is 10.6 Å². The van der Waals surface area contributed by atoms with Crippen molar-refractivity contribution >= 4 is 5.69 Å². The van der Waals surface area contributed by atoms with Crippen molar-refractivity contribution < 1.29 is 4.39 Å².